The SMILES string of the molecule is Cc1cc(C)nc(NC(=O)c2cnccc2Cl)c1. The smallest absolute Gasteiger partial charge is 0.259 e. The number of aryl methyl sites for hydroxylation is 2. The molecule has 0 aliphatic carbocycles. The molecule has 0 saturated heterocycles. The molecule has 2 aromatic rings. The first-order chi connectivity index (χ1) is 8.56. The summed E-state index contributed by atoms with van der Waals surface area (Å²) in [6.07, 6.45) is 2.97. The average molecular weight is 262 g/mol. The number of rotatable bonds is 2. The second-order valence-electron chi connectivity index (χ2n) is 3.98. The first-order valence-corrected chi connectivity index (χ1v) is 5.80. The van der Waals surface area contributed by atoms with Crippen molar-refractivity contribution in [3.05, 3.63) is 52.4 Å². The van der Waals surface area contributed by atoms with E-state index >= 15 is 0 Å². The second kappa shape index (κ2) is 5.14. The Morgan fingerprint density at radius 2 is 2.11 bits per heavy atom. The van der Waals surface area contributed by atoms with Gasteiger partial charge in [0, 0.05) is 18.1 Å². The maximum Gasteiger partial charge on any atom is 0.259 e. The van der Waals surface area contributed by atoms with Crippen LogP contribution in [0.5, 0.6) is 0 Å². The fraction of sp³-hybridized carbons (Fsp3) is 0.154. The molecule has 0 unspecified atom stereocenters. The number of aromatic nitrogens is 2. The fourth-order valence-electron chi connectivity index (χ4n) is 1.63. The van der Waals surface area contributed by atoms with Gasteiger partial charge < -0.3 is 5.32 Å². The van der Waals surface area contributed by atoms with Gasteiger partial charge in [0.25, 0.3) is 5.91 Å². The van der Waals surface area contributed by atoms with Crippen molar-refractivity contribution in [2.75, 3.05) is 5.32 Å². The molecule has 2 aromatic heterocycles. The number of nitrogens with zero attached hydrogens (tertiary/aromatic N) is 2. The van der Waals surface area contributed by atoms with E-state index in [0.717, 1.165) is 11.3 Å². The summed E-state index contributed by atoms with van der Waals surface area (Å²) in [6, 6.07) is 5.31. The number of pyridine rings is 2. The lowest BCUT2D eigenvalue weighted by Crippen LogP contribution is -2.14. The van der Waals surface area contributed by atoms with Gasteiger partial charge in [-0.15, -0.1) is 0 Å². The van der Waals surface area contributed by atoms with Crippen LogP contribution in [0.1, 0.15) is 21.6 Å². The first kappa shape index (κ1) is 12.5. The zero-order valence-corrected chi connectivity index (χ0v) is 10.8. The van der Waals surface area contributed by atoms with Gasteiger partial charge in [0.1, 0.15) is 5.82 Å². The third kappa shape index (κ3) is 2.84. The number of amides is 1. The van der Waals surface area contributed by atoms with Crippen molar-refractivity contribution in [1.82, 2.24) is 9.97 Å². The molecule has 0 saturated carbocycles. The zero-order valence-electron chi connectivity index (χ0n) is 10.1. The summed E-state index contributed by atoms with van der Waals surface area (Å²) in [4.78, 5) is 20.1. The maximum atomic E-state index is 12.0. The molecule has 1 N–H and O–H groups in total. The summed E-state index contributed by atoms with van der Waals surface area (Å²) in [5.41, 5.74) is 2.22. The quantitative estimate of drug-likeness (QED) is 0.904. The van der Waals surface area contributed by atoms with Gasteiger partial charge in [-0.1, -0.05) is 11.6 Å². The van der Waals surface area contributed by atoms with Gasteiger partial charge in [-0.2, -0.15) is 0 Å². The minimum Gasteiger partial charge on any atom is -0.306 e. The Bertz CT molecular complexity index is 578. The van der Waals surface area contributed by atoms with E-state index in [1.807, 2.05) is 19.9 Å². The minimum absolute atomic E-state index is 0.314. The molecule has 1 amide bonds. The fourth-order valence-corrected chi connectivity index (χ4v) is 1.82. The van der Waals surface area contributed by atoms with Crippen LogP contribution in [0.3, 0.4) is 0 Å². The summed E-state index contributed by atoms with van der Waals surface area (Å²) < 4.78 is 0. The molecule has 2 heterocycles. The van der Waals surface area contributed by atoms with Crippen LogP contribution in [-0.4, -0.2) is 15.9 Å². The van der Waals surface area contributed by atoms with Crippen molar-refractivity contribution in [3.8, 4) is 0 Å². The van der Waals surface area contributed by atoms with E-state index in [9.17, 15) is 4.79 Å². The Morgan fingerprint density at radius 1 is 1.33 bits per heavy atom. The van der Waals surface area contributed by atoms with Crippen LogP contribution >= 0.6 is 11.6 Å². The van der Waals surface area contributed by atoms with E-state index < -0.39 is 0 Å². The van der Waals surface area contributed by atoms with Gasteiger partial charge in [0.2, 0.25) is 0 Å². The average Bonchev–Trinajstić information content (AvgIpc) is 2.27. The van der Waals surface area contributed by atoms with E-state index in [4.69, 9.17) is 11.6 Å². The lowest BCUT2D eigenvalue weighted by atomic mass is 10.2. The third-order valence-corrected chi connectivity index (χ3v) is 2.68. The zero-order chi connectivity index (χ0) is 13.1. The normalized spacial score (nSPS) is 10.2. The Balaban J connectivity index is 2.24. The molecule has 0 spiro atoms. The number of hydrogen-bond donors (Lipinski definition) is 1. The summed E-state index contributed by atoms with van der Waals surface area (Å²) in [6.45, 7) is 3.82. The standard InChI is InChI=1S/C13H12ClN3O/c1-8-5-9(2)16-12(6-8)17-13(18)10-7-15-4-3-11(10)14/h3-7H,1-2H3,(H,16,17,18). The van der Waals surface area contributed by atoms with E-state index in [0.29, 0.717) is 16.4 Å². The molecule has 5 heteroatoms. The minimum atomic E-state index is -0.314. The molecular weight excluding hydrogens is 250 g/mol. The Morgan fingerprint density at radius 3 is 2.78 bits per heavy atom. The van der Waals surface area contributed by atoms with Gasteiger partial charge in [0.15, 0.2) is 0 Å². The van der Waals surface area contributed by atoms with Crippen LogP contribution in [0.25, 0.3) is 0 Å². The molecule has 0 aliphatic rings. The summed E-state index contributed by atoms with van der Waals surface area (Å²) in [7, 11) is 0. The van der Waals surface area contributed by atoms with Crippen molar-refractivity contribution in [1.29, 1.82) is 0 Å². The van der Waals surface area contributed by atoms with Crippen molar-refractivity contribution in [2.24, 2.45) is 0 Å². The van der Waals surface area contributed by atoms with Gasteiger partial charge in [0.05, 0.1) is 10.6 Å². The van der Waals surface area contributed by atoms with E-state index in [2.05, 4.69) is 15.3 Å². The predicted molar refractivity (Wildman–Crippen MR) is 70.9 cm³/mol. The highest BCUT2D eigenvalue weighted by atomic mass is 35.5. The van der Waals surface area contributed by atoms with Crippen molar-refractivity contribution in [3.63, 3.8) is 0 Å². The number of nitrogens with one attached hydrogen (secondary N) is 1. The summed E-state index contributed by atoms with van der Waals surface area (Å²) in [5.74, 6) is 0.197. The largest absolute Gasteiger partial charge is 0.306 e. The highest BCUT2D eigenvalue weighted by Crippen LogP contribution is 2.16. The lowest BCUT2D eigenvalue weighted by Gasteiger charge is -2.07. The maximum absolute atomic E-state index is 12.0. The Labute approximate surface area is 110 Å². The molecule has 0 aromatic carbocycles. The summed E-state index contributed by atoms with van der Waals surface area (Å²) >= 11 is 5.93. The van der Waals surface area contributed by atoms with Crippen LogP contribution in [-0.2, 0) is 0 Å². The molecule has 0 atom stereocenters. The molecule has 0 radical (unpaired) electrons. The van der Waals surface area contributed by atoms with Gasteiger partial charge in [-0.3, -0.25) is 9.78 Å². The van der Waals surface area contributed by atoms with E-state index in [1.54, 1.807) is 12.1 Å². The third-order valence-electron chi connectivity index (χ3n) is 2.35. The van der Waals surface area contributed by atoms with Crippen LogP contribution in [0.2, 0.25) is 5.02 Å². The molecule has 0 aliphatic heterocycles. The van der Waals surface area contributed by atoms with Crippen molar-refractivity contribution in [2.45, 2.75) is 13.8 Å². The van der Waals surface area contributed by atoms with E-state index in [-0.39, 0.29) is 5.91 Å². The molecule has 18 heavy (non-hydrogen) atoms. The first-order valence-electron chi connectivity index (χ1n) is 5.42. The number of anilines is 1. The molecule has 92 valence electrons. The predicted octanol–water partition coefficient (Wildman–Crippen LogP) is 3.00. The van der Waals surface area contributed by atoms with Crippen LogP contribution in [0.15, 0.2) is 30.6 Å². The highest BCUT2D eigenvalue weighted by molar-refractivity contribution is 6.34. The molecule has 0 bridgehead atoms. The molecule has 2 rings (SSSR count). The van der Waals surface area contributed by atoms with Gasteiger partial charge in [-0.05, 0) is 37.6 Å². The Hall–Kier alpha value is -1.94. The van der Waals surface area contributed by atoms with Crippen molar-refractivity contribution >= 4 is 23.3 Å². The molecule has 4 nitrogen and oxygen atoms in total. The molecular formula is C13H12ClN3O. The van der Waals surface area contributed by atoms with Gasteiger partial charge in [-0.25, -0.2) is 4.98 Å². The van der Waals surface area contributed by atoms with Gasteiger partial charge >= 0.3 is 0 Å². The van der Waals surface area contributed by atoms with Crippen molar-refractivity contribution < 1.29 is 4.79 Å². The highest BCUT2D eigenvalue weighted by Gasteiger charge is 2.11. The molecule has 0 fully saturated rings. The topological polar surface area (TPSA) is 54.9 Å². The van der Waals surface area contributed by atoms with Crippen LogP contribution in [0.4, 0.5) is 5.82 Å². The van der Waals surface area contributed by atoms with Crippen LogP contribution in [0, 0.1) is 13.8 Å². The number of halogens is 1. The number of carbonyl (C=O) groups excluding carboxylic acids is 1. The number of carbonyl (C=O) groups is 1. The van der Waals surface area contributed by atoms with E-state index in [1.165, 1.54) is 12.4 Å². The second-order valence-corrected chi connectivity index (χ2v) is 4.39. The lowest BCUT2D eigenvalue weighted by molar-refractivity contribution is 0.102. The summed E-state index contributed by atoms with van der Waals surface area (Å²) in [5, 5.41) is 3.07. The number of hydrogen-bond acceptors (Lipinski definition) is 3. The monoisotopic (exact) mass is 261 g/mol. The Kier molecular flexibility index (Phi) is 3.58. The van der Waals surface area contributed by atoms with Crippen LogP contribution < -0.4 is 5.32 Å².